The average molecular weight is 679 g/mol. The minimum absolute atomic E-state index is 0.0867. The Bertz CT molecular complexity index is 1430. The van der Waals surface area contributed by atoms with Gasteiger partial charge in [-0.05, 0) is 63.1 Å². The zero-order valence-electron chi connectivity index (χ0n) is 29.8. The summed E-state index contributed by atoms with van der Waals surface area (Å²) >= 11 is 0. The lowest BCUT2D eigenvalue weighted by Crippen LogP contribution is -2.55. The number of anilines is 4. The maximum Gasteiger partial charge on any atom is 0.251 e. The highest BCUT2D eigenvalue weighted by Crippen LogP contribution is 2.40. The number of methoxy groups -OCH3 is 3. The normalized spacial score (nSPS) is 24.0. The van der Waals surface area contributed by atoms with Crippen molar-refractivity contribution >= 4 is 35.0 Å². The molecule has 0 bridgehead atoms. The summed E-state index contributed by atoms with van der Waals surface area (Å²) < 4.78 is 16.5. The molecule has 2 aliphatic carbocycles. The molecule has 1 aromatic carbocycles. The summed E-state index contributed by atoms with van der Waals surface area (Å²) in [6, 6.07) is 6.19. The number of carbonyl (C=O) groups excluding carboxylic acids is 2. The highest BCUT2D eigenvalue weighted by molar-refractivity contribution is 6.04. The lowest BCUT2D eigenvalue weighted by molar-refractivity contribution is -0.120. The topological polar surface area (TPSA) is 125 Å². The van der Waals surface area contributed by atoms with E-state index in [0.29, 0.717) is 35.4 Å². The monoisotopic (exact) mass is 678 g/mol. The number of aromatic nitrogens is 2. The van der Waals surface area contributed by atoms with Crippen molar-refractivity contribution in [3.8, 4) is 5.75 Å². The molecule has 1 saturated heterocycles. The summed E-state index contributed by atoms with van der Waals surface area (Å²) in [6.45, 7) is 6.98. The molecule has 2 aliphatic heterocycles. The van der Waals surface area contributed by atoms with Crippen LogP contribution in [0.5, 0.6) is 5.75 Å². The molecule has 13 nitrogen and oxygen atoms in total. The molecule has 2 N–H and O–H groups in total. The lowest BCUT2D eigenvalue weighted by Gasteiger charge is -2.43. The molecule has 49 heavy (non-hydrogen) atoms. The number of amides is 2. The van der Waals surface area contributed by atoms with Crippen LogP contribution in [-0.4, -0.2) is 123 Å². The number of likely N-dealkylation sites (N-methyl/N-ethyl adjacent to an activating group) is 1. The van der Waals surface area contributed by atoms with Gasteiger partial charge in [0, 0.05) is 77.7 Å². The fourth-order valence-electron chi connectivity index (χ4n) is 8.12. The van der Waals surface area contributed by atoms with Gasteiger partial charge in [-0.3, -0.25) is 19.4 Å². The van der Waals surface area contributed by atoms with Crippen LogP contribution in [0.25, 0.3) is 0 Å². The van der Waals surface area contributed by atoms with Crippen molar-refractivity contribution in [1.82, 2.24) is 25.1 Å². The van der Waals surface area contributed by atoms with E-state index >= 15 is 0 Å². The third-order valence-electron chi connectivity index (χ3n) is 11.0. The van der Waals surface area contributed by atoms with E-state index in [9.17, 15) is 9.59 Å². The molecule has 13 heteroatoms. The Morgan fingerprint density at radius 1 is 0.980 bits per heavy atom. The van der Waals surface area contributed by atoms with Crippen LogP contribution in [0, 0.1) is 0 Å². The molecule has 2 saturated carbocycles. The standard InChI is InChI=1S/C36H54N8O5/c1-6-29-35(46)41(2)30-22-37-36(40-33(30)44(29)27-9-7-8-10-27)39-28-16-11-24(21-31(28)47-3)34(45)38-25-12-14-26(15-13-25)43-19-17-42(18-20-43)23-32(48-4)49-5/h11,16,21-22,25-27,29,32H,6-10,12-15,17-20,23H2,1-5H3,(H,38,45)(H,37,39,40)/t25?,26?,29-/m1/s1. The summed E-state index contributed by atoms with van der Waals surface area (Å²) in [6.07, 6.45) is 10.8. The van der Waals surface area contributed by atoms with Gasteiger partial charge in [0.1, 0.15) is 17.5 Å². The SMILES string of the molecule is CC[C@@H]1C(=O)N(C)c2cnc(Nc3ccc(C(=O)NC4CCC(N5CCN(CC(OC)OC)CC5)CC4)cc3OC)nc2N1C1CCCC1. The second-order valence-electron chi connectivity index (χ2n) is 13.8. The number of fused-ring (bicyclic) bond motifs is 1. The van der Waals surface area contributed by atoms with Crippen LogP contribution in [-0.2, 0) is 14.3 Å². The van der Waals surface area contributed by atoms with Crippen molar-refractivity contribution in [2.24, 2.45) is 0 Å². The lowest BCUT2D eigenvalue weighted by atomic mass is 9.89. The van der Waals surface area contributed by atoms with E-state index < -0.39 is 0 Å². The summed E-state index contributed by atoms with van der Waals surface area (Å²) in [5, 5.41) is 6.59. The Morgan fingerprint density at radius 3 is 2.35 bits per heavy atom. The molecule has 2 aromatic rings. The van der Waals surface area contributed by atoms with Gasteiger partial charge in [0.15, 0.2) is 12.1 Å². The molecule has 0 unspecified atom stereocenters. The molecule has 1 aromatic heterocycles. The number of piperazine rings is 1. The van der Waals surface area contributed by atoms with Gasteiger partial charge in [-0.25, -0.2) is 4.98 Å². The average Bonchev–Trinajstić information content (AvgIpc) is 3.67. The van der Waals surface area contributed by atoms with Gasteiger partial charge in [0.25, 0.3) is 5.91 Å². The number of hydrogen-bond donors (Lipinski definition) is 2. The number of nitrogens with zero attached hydrogens (tertiary/aromatic N) is 6. The largest absolute Gasteiger partial charge is 0.495 e. The minimum atomic E-state index is -0.239. The maximum atomic E-state index is 13.4. The zero-order chi connectivity index (χ0) is 34.5. The second kappa shape index (κ2) is 16.0. The first-order valence-corrected chi connectivity index (χ1v) is 18.0. The van der Waals surface area contributed by atoms with Crippen molar-refractivity contribution in [3.05, 3.63) is 30.0 Å². The Kier molecular flexibility index (Phi) is 11.5. The van der Waals surface area contributed by atoms with Crippen LogP contribution >= 0.6 is 0 Å². The minimum Gasteiger partial charge on any atom is -0.495 e. The van der Waals surface area contributed by atoms with Crippen LogP contribution in [0.2, 0.25) is 0 Å². The molecule has 3 fully saturated rings. The molecule has 4 aliphatic rings. The predicted octanol–water partition coefficient (Wildman–Crippen LogP) is 4.01. The first-order chi connectivity index (χ1) is 23.8. The van der Waals surface area contributed by atoms with E-state index in [1.807, 2.05) is 12.1 Å². The van der Waals surface area contributed by atoms with Gasteiger partial charge in [0.05, 0.1) is 19.0 Å². The van der Waals surface area contributed by atoms with Gasteiger partial charge >= 0.3 is 0 Å². The number of nitrogens with one attached hydrogen (secondary N) is 2. The molecule has 3 heterocycles. The van der Waals surface area contributed by atoms with Crippen LogP contribution in [0.15, 0.2) is 24.4 Å². The summed E-state index contributed by atoms with van der Waals surface area (Å²) in [4.78, 5) is 45.0. The molecule has 1 atom stereocenters. The van der Waals surface area contributed by atoms with Gasteiger partial charge < -0.3 is 34.6 Å². The van der Waals surface area contributed by atoms with E-state index in [2.05, 4.69) is 37.2 Å². The van der Waals surface area contributed by atoms with E-state index in [0.717, 1.165) is 95.6 Å². The molecule has 268 valence electrons. The first kappa shape index (κ1) is 35.3. The Labute approximate surface area is 290 Å². The van der Waals surface area contributed by atoms with Crippen molar-refractivity contribution in [2.45, 2.75) is 95.2 Å². The predicted molar refractivity (Wildman–Crippen MR) is 190 cm³/mol. The number of benzene rings is 1. The van der Waals surface area contributed by atoms with Crippen LogP contribution in [0.1, 0.15) is 75.1 Å². The smallest absolute Gasteiger partial charge is 0.251 e. The van der Waals surface area contributed by atoms with Crippen LogP contribution in [0.4, 0.5) is 23.1 Å². The Balaban J connectivity index is 1.05. The first-order valence-electron chi connectivity index (χ1n) is 18.0. The van der Waals surface area contributed by atoms with Gasteiger partial charge in [-0.2, -0.15) is 4.98 Å². The van der Waals surface area contributed by atoms with E-state index in [4.69, 9.17) is 19.2 Å². The molecule has 0 radical (unpaired) electrons. The van der Waals surface area contributed by atoms with E-state index in [1.165, 1.54) is 0 Å². The molecule has 2 amide bonds. The van der Waals surface area contributed by atoms with E-state index in [1.54, 1.807) is 45.5 Å². The maximum absolute atomic E-state index is 13.4. The van der Waals surface area contributed by atoms with Crippen LogP contribution in [0.3, 0.4) is 0 Å². The fraction of sp³-hybridized carbons (Fsp3) is 0.667. The molecule has 0 spiro atoms. The Hall–Kier alpha value is -3.52. The molecule has 6 rings (SSSR count). The quantitative estimate of drug-likeness (QED) is 0.317. The number of rotatable bonds is 12. The van der Waals surface area contributed by atoms with Gasteiger partial charge in [-0.1, -0.05) is 19.8 Å². The van der Waals surface area contributed by atoms with Gasteiger partial charge in [-0.15, -0.1) is 0 Å². The third-order valence-corrected chi connectivity index (χ3v) is 11.0. The highest BCUT2D eigenvalue weighted by atomic mass is 16.7. The zero-order valence-corrected chi connectivity index (χ0v) is 29.8. The number of hydrogen-bond acceptors (Lipinski definition) is 11. The fourth-order valence-corrected chi connectivity index (χ4v) is 8.12. The third kappa shape index (κ3) is 7.79. The molecular weight excluding hydrogens is 624 g/mol. The van der Waals surface area contributed by atoms with Crippen LogP contribution < -0.4 is 25.2 Å². The number of carbonyl (C=O) groups is 2. The second-order valence-corrected chi connectivity index (χ2v) is 13.8. The summed E-state index contributed by atoms with van der Waals surface area (Å²) in [5.41, 5.74) is 1.94. The Morgan fingerprint density at radius 2 is 1.69 bits per heavy atom. The molecular formula is C36H54N8O5. The van der Waals surface area contributed by atoms with Gasteiger partial charge in [0.2, 0.25) is 11.9 Å². The summed E-state index contributed by atoms with van der Waals surface area (Å²) in [5.74, 6) is 1.73. The highest BCUT2D eigenvalue weighted by Gasteiger charge is 2.41. The summed E-state index contributed by atoms with van der Waals surface area (Å²) in [7, 11) is 6.77. The van der Waals surface area contributed by atoms with Crippen molar-refractivity contribution in [3.63, 3.8) is 0 Å². The van der Waals surface area contributed by atoms with Crippen molar-refractivity contribution in [2.75, 3.05) is 76.2 Å². The van der Waals surface area contributed by atoms with Crippen molar-refractivity contribution in [1.29, 1.82) is 0 Å². The number of ether oxygens (including phenoxy) is 3. The van der Waals surface area contributed by atoms with Crippen molar-refractivity contribution < 1.29 is 23.8 Å². The van der Waals surface area contributed by atoms with E-state index in [-0.39, 0.29) is 36.2 Å².